The summed E-state index contributed by atoms with van der Waals surface area (Å²) in [5.41, 5.74) is 0. The van der Waals surface area contributed by atoms with E-state index in [0.29, 0.717) is 12.9 Å². The Labute approximate surface area is 158 Å². The molecule has 1 unspecified atom stereocenters. The van der Waals surface area contributed by atoms with Crippen LogP contribution in [0.3, 0.4) is 0 Å². The van der Waals surface area contributed by atoms with E-state index in [0.717, 1.165) is 0 Å². The molecule has 1 aromatic rings. The topological polar surface area (TPSA) is 72.8 Å². The summed E-state index contributed by atoms with van der Waals surface area (Å²) >= 11 is 3.71. The van der Waals surface area contributed by atoms with Gasteiger partial charge in [0.1, 0.15) is 23.9 Å². The molecule has 0 saturated carbocycles. The van der Waals surface area contributed by atoms with Gasteiger partial charge in [-0.1, -0.05) is 12.7 Å². The molecular weight excluding hydrogens is 567 g/mol. The third kappa shape index (κ3) is 7.01. The highest BCUT2D eigenvalue weighted by Crippen LogP contribution is 2.34. The fraction of sp³-hybridized carbons (Fsp3) is 0.333. The monoisotopic (exact) mass is 578 g/mol. The molecule has 1 atom stereocenters. The highest BCUT2D eigenvalue weighted by molar-refractivity contribution is 14.1. The molecule has 0 bridgehead atoms. The molecule has 0 amide bonds. The molecule has 0 aliphatic rings. The third-order valence-electron chi connectivity index (χ3n) is 2.32. The van der Waals surface area contributed by atoms with Crippen molar-refractivity contribution in [1.29, 1.82) is 0 Å². The van der Waals surface area contributed by atoms with E-state index in [1.165, 1.54) is 18.2 Å². The Morgan fingerprint density at radius 2 is 1.83 bits per heavy atom. The van der Waals surface area contributed by atoms with Gasteiger partial charge in [-0.2, -0.15) is 21.6 Å². The van der Waals surface area contributed by atoms with Crippen LogP contribution in [-0.2, 0) is 10.1 Å². The Bertz CT molecular complexity index is 653. The van der Waals surface area contributed by atoms with Gasteiger partial charge in [-0.3, -0.25) is 4.55 Å². The van der Waals surface area contributed by atoms with E-state index in [1.54, 1.807) is 0 Å². The first-order valence-electron chi connectivity index (χ1n) is 5.85. The highest BCUT2D eigenvalue weighted by Gasteiger charge is 2.44. The van der Waals surface area contributed by atoms with Crippen molar-refractivity contribution in [3.8, 4) is 11.5 Å². The van der Waals surface area contributed by atoms with Crippen LogP contribution in [0.15, 0.2) is 24.8 Å². The molecule has 0 aromatic heterocycles. The normalized spacial score (nSPS) is 13.5. The number of halogens is 5. The largest absolute Gasteiger partial charge is 0.487 e. The minimum Gasteiger partial charge on any atom is -0.487 e. The molecule has 23 heavy (non-hydrogen) atoms. The lowest BCUT2D eigenvalue weighted by Crippen LogP contribution is -2.40. The Morgan fingerprint density at radius 1 is 1.30 bits per heavy atom. The van der Waals surface area contributed by atoms with E-state index < -0.39 is 28.2 Å². The molecule has 0 aliphatic heterocycles. The van der Waals surface area contributed by atoms with Crippen LogP contribution in [0.1, 0.15) is 0 Å². The Morgan fingerprint density at radius 3 is 2.22 bits per heavy atom. The summed E-state index contributed by atoms with van der Waals surface area (Å²) in [4.78, 5) is 0. The first kappa shape index (κ1) is 20.8. The van der Waals surface area contributed by atoms with Crippen LogP contribution in [0.2, 0.25) is 0 Å². The second-order valence-electron chi connectivity index (χ2n) is 4.21. The Kier molecular flexibility index (Phi) is 7.40. The van der Waals surface area contributed by atoms with Gasteiger partial charge in [0, 0.05) is 0 Å². The maximum atomic E-state index is 12.8. The zero-order valence-corrected chi connectivity index (χ0v) is 16.4. The molecule has 0 aliphatic carbocycles. The maximum Gasteiger partial charge on any atom is 0.426 e. The van der Waals surface area contributed by atoms with Crippen LogP contribution >= 0.6 is 45.2 Å². The molecule has 5 nitrogen and oxygen atoms in total. The van der Waals surface area contributed by atoms with Crippen molar-refractivity contribution in [3.05, 3.63) is 31.9 Å². The van der Waals surface area contributed by atoms with Crippen molar-refractivity contribution in [2.24, 2.45) is 0 Å². The average molecular weight is 578 g/mol. The zero-order chi connectivity index (χ0) is 17.8. The number of hydrogen-bond donors (Lipinski definition) is 1. The van der Waals surface area contributed by atoms with Crippen LogP contribution in [-0.4, -0.2) is 37.6 Å². The highest BCUT2D eigenvalue weighted by atomic mass is 127. The van der Waals surface area contributed by atoms with Crippen molar-refractivity contribution < 1.29 is 35.6 Å². The van der Waals surface area contributed by atoms with Crippen LogP contribution in [0.25, 0.3) is 0 Å². The lowest BCUT2D eigenvalue weighted by molar-refractivity contribution is -0.188. The summed E-state index contributed by atoms with van der Waals surface area (Å²) in [7, 11) is -4.85. The first-order chi connectivity index (χ1) is 10.4. The fourth-order valence-electron chi connectivity index (χ4n) is 1.44. The minimum absolute atomic E-state index is 0.185. The summed E-state index contributed by atoms with van der Waals surface area (Å²) in [6, 6.07) is 2.56. The molecule has 0 saturated heterocycles. The van der Waals surface area contributed by atoms with Gasteiger partial charge in [0.2, 0.25) is 6.10 Å². The second kappa shape index (κ2) is 8.20. The van der Waals surface area contributed by atoms with E-state index in [1.807, 2.05) is 45.2 Å². The van der Waals surface area contributed by atoms with Gasteiger partial charge in [-0.25, -0.2) is 0 Å². The van der Waals surface area contributed by atoms with Crippen LogP contribution < -0.4 is 9.47 Å². The second-order valence-corrected chi connectivity index (χ2v) is 8.03. The smallest absolute Gasteiger partial charge is 0.426 e. The molecule has 1 aromatic carbocycles. The summed E-state index contributed by atoms with van der Waals surface area (Å²) < 4.78 is 79.7. The van der Waals surface area contributed by atoms with Crippen LogP contribution in [0, 0.1) is 7.14 Å². The van der Waals surface area contributed by atoms with E-state index in [4.69, 9.17) is 14.0 Å². The number of rotatable bonds is 7. The standard InChI is InChI=1S/C12H11F3I2O5S/c1-2-3-21-11-8(16)4-7(5-9(11)17)22-10(12(13,14)15)6-23(18,19)20/h2,4-5,10H,1,3,6H2,(H,18,19,20). The van der Waals surface area contributed by atoms with E-state index in [2.05, 4.69) is 6.58 Å². The molecule has 1 N–H and O–H groups in total. The quantitative estimate of drug-likeness (QED) is 0.304. The summed E-state index contributed by atoms with van der Waals surface area (Å²) in [5.74, 6) is -1.31. The average Bonchev–Trinajstić information content (AvgIpc) is 2.34. The number of hydrogen-bond acceptors (Lipinski definition) is 4. The molecule has 0 radical (unpaired) electrons. The SMILES string of the molecule is C=CCOc1c(I)cc(OC(CS(=O)(=O)O)C(F)(F)F)cc1I. The zero-order valence-electron chi connectivity index (χ0n) is 11.3. The number of ether oxygens (including phenoxy) is 2. The van der Waals surface area contributed by atoms with Crippen molar-refractivity contribution >= 4 is 55.3 Å². The molecule has 1 rings (SSSR count). The third-order valence-corrected chi connectivity index (χ3v) is 4.65. The Balaban J connectivity index is 3.08. The van der Waals surface area contributed by atoms with Crippen molar-refractivity contribution in [3.63, 3.8) is 0 Å². The van der Waals surface area contributed by atoms with Crippen molar-refractivity contribution in [2.75, 3.05) is 12.4 Å². The van der Waals surface area contributed by atoms with Crippen molar-refractivity contribution in [1.82, 2.24) is 0 Å². The van der Waals surface area contributed by atoms with E-state index in [-0.39, 0.29) is 12.4 Å². The molecule has 11 heteroatoms. The summed E-state index contributed by atoms with van der Waals surface area (Å²) in [5, 5.41) is 0. The number of alkyl halides is 3. The van der Waals surface area contributed by atoms with Gasteiger partial charge >= 0.3 is 6.18 Å². The first-order valence-corrected chi connectivity index (χ1v) is 9.62. The molecule has 0 fully saturated rings. The van der Waals surface area contributed by atoms with Gasteiger partial charge < -0.3 is 9.47 Å². The lowest BCUT2D eigenvalue weighted by atomic mass is 10.3. The van der Waals surface area contributed by atoms with Gasteiger partial charge in [0.25, 0.3) is 10.1 Å². The predicted molar refractivity (Wildman–Crippen MR) is 94.5 cm³/mol. The van der Waals surface area contributed by atoms with Gasteiger partial charge in [0.05, 0.1) is 7.14 Å². The van der Waals surface area contributed by atoms with Crippen LogP contribution in [0.4, 0.5) is 13.2 Å². The molecule has 130 valence electrons. The predicted octanol–water partition coefficient (Wildman–Crippen LogP) is 3.66. The molecule has 0 heterocycles. The summed E-state index contributed by atoms with van der Waals surface area (Å²) in [6.45, 7) is 3.72. The molecular formula is C12H11F3I2O5S. The minimum atomic E-state index is -4.95. The van der Waals surface area contributed by atoms with E-state index in [9.17, 15) is 21.6 Å². The van der Waals surface area contributed by atoms with Gasteiger partial charge in [0.15, 0.2) is 0 Å². The van der Waals surface area contributed by atoms with Crippen LogP contribution in [0.5, 0.6) is 11.5 Å². The van der Waals surface area contributed by atoms with Gasteiger partial charge in [-0.05, 0) is 57.3 Å². The van der Waals surface area contributed by atoms with E-state index >= 15 is 0 Å². The maximum absolute atomic E-state index is 12.8. The number of benzene rings is 1. The fourth-order valence-corrected chi connectivity index (χ4v) is 4.10. The summed E-state index contributed by atoms with van der Waals surface area (Å²) in [6.07, 6.45) is -6.11. The van der Waals surface area contributed by atoms with Crippen molar-refractivity contribution in [2.45, 2.75) is 12.3 Å². The molecule has 0 spiro atoms. The Hall–Kier alpha value is -0.280. The van der Waals surface area contributed by atoms with Gasteiger partial charge in [-0.15, -0.1) is 0 Å². The lowest BCUT2D eigenvalue weighted by Gasteiger charge is -2.21.